The van der Waals surface area contributed by atoms with Gasteiger partial charge in [-0.25, -0.2) is 4.79 Å². The van der Waals surface area contributed by atoms with E-state index in [2.05, 4.69) is 15.7 Å². The van der Waals surface area contributed by atoms with E-state index in [0.717, 1.165) is 18.5 Å². The minimum atomic E-state index is -0.220. The molecule has 2 amide bonds. The van der Waals surface area contributed by atoms with Crippen molar-refractivity contribution in [1.82, 2.24) is 15.1 Å². The Hall–Kier alpha value is -1.56. The number of aryl methyl sites for hydroxylation is 2. The van der Waals surface area contributed by atoms with Crippen molar-refractivity contribution in [2.45, 2.75) is 51.5 Å². The fourth-order valence-electron chi connectivity index (χ4n) is 3.15. The lowest BCUT2D eigenvalue weighted by Crippen LogP contribution is -2.44. The number of carbonyl (C=O) groups excluding carboxylic acids is 1. The highest BCUT2D eigenvalue weighted by Crippen LogP contribution is 2.27. The van der Waals surface area contributed by atoms with Gasteiger partial charge in [0.2, 0.25) is 0 Å². The van der Waals surface area contributed by atoms with Crippen molar-refractivity contribution in [2.24, 2.45) is 13.0 Å². The number of aromatic nitrogens is 2. The zero-order chi connectivity index (χ0) is 15.2. The summed E-state index contributed by atoms with van der Waals surface area (Å²) in [5.41, 5.74) is 0.868. The average Bonchev–Trinajstić information content (AvgIpc) is 2.77. The lowest BCUT2D eigenvalue weighted by atomic mass is 9.83. The zero-order valence-corrected chi connectivity index (χ0v) is 12.9. The van der Waals surface area contributed by atoms with Crippen molar-refractivity contribution in [3.63, 3.8) is 0 Å². The summed E-state index contributed by atoms with van der Waals surface area (Å²) in [4.78, 5) is 12.2. The molecule has 0 radical (unpaired) electrons. The Morgan fingerprint density at radius 3 is 2.76 bits per heavy atom. The van der Waals surface area contributed by atoms with Crippen molar-refractivity contribution in [1.29, 1.82) is 0 Å². The topological polar surface area (TPSA) is 79.2 Å². The minimum absolute atomic E-state index is 0.0459. The molecule has 118 valence electrons. The Balaban J connectivity index is 1.92. The van der Waals surface area contributed by atoms with Crippen LogP contribution >= 0.6 is 0 Å². The first-order valence-corrected chi connectivity index (χ1v) is 7.79. The van der Waals surface area contributed by atoms with Crippen LogP contribution in [-0.2, 0) is 7.05 Å². The van der Waals surface area contributed by atoms with Crippen molar-refractivity contribution in [3.05, 3.63) is 11.8 Å². The summed E-state index contributed by atoms with van der Waals surface area (Å²) in [5, 5.41) is 19.3. The molecule has 0 unspecified atom stereocenters. The maximum atomic E-state index is 12.2. The van der Waals surface area contributed by atoms with Gasteiger partial charge in [0.1, 0.15) is 5.82 Å². The molecule has 6 nitrogen and oxygen atoms in total. The maximum Gasteiger partial charge on any atom is 0.320 e. The monoisotopic (exact) mass is 294 g/mol. The highest BCUT2D eigenvalue weighted by molar-refractivity contribution is 5.88. The molecule has 3 N–H and O–H groups in total. The quantitative estimate of drug-likeness (QED) is 0.779. The molecule has 0 aromatic carbocycles. The average molecular weight is 294 g/mol. The first-order valence-electron chi connectivity index (χ1n) is 7.79. The predicted molar refractivity (Wildman–Crippen MR) is 82.2 cm³/mol. The van der Waals surface area contributed by atoms with Gasteiger partial charge < -0.3 is 10.4 Å². The molecule has 21 heavy (non-hydrogen) atoms. The molecule has 0 spiro atoms. The van der Waals surface area contributed by atoms with Crippen LogP contribution in [0.4, 0.5) is 10.6 Å². The van der Waals surface area contributed by atoms with Crippen LogP contribution in [0.3, 0.4) is 0 Å². The number of carbonyl (C=O) groups is 1. The fraction of sp³-hybridized carbons (Fsp3) is 0.733. The molecule has 2 rings (SSSR count). The smallest absolute Gasteiger partial charge is 0.320 e. The maximum absolute atomic E-state index is 12.2. The second-order valence-electron chi connectivity index (χ2n) is 5.91. The second-order valence-corrected chi connectivity index (χ2v) is 5.91. The first-order chi connectivity index (χ1) is 10.1. The summed E-state index contributed by atoms with van der Waals surface area (Å²) in [6.45, 7) is 1.99. The fourth-order valence-corrected chi connectivity index (χ4v) is 3.15. The van der Waals surface area contributed by atoms with E-state index in [9.17, 15) is 9.90 Å². The van der Waals surface area contributed by atoms with Crippen LogP contribution in [0.25, 0.3) is 0 Å². The number of nitrogens with one attached hydrogen (secondary N) is 2. The van der Waals surface area contributed by atoms with Gasteiger partial charge >= 0.3 is 6.03 Å². The van der Waals surface area contributed by atoms with E-state index in [4.69, 9.17) is 0 Å². The molecule has 1 atom stereocenters. The lowest BCUT2D eigenvalue weighted by molar-refractivity contribution is 0.202. The van der Waals surface area contributed by atoms with Gasteiger partial charge in [0, 0.05) is 25.8 Å². The molecule has 1 aliphatic rings. The first kappa shape index (κ1) is 15.8. The van der Waals surface area contributed by atoms with Crippen LogP contribution in [0, 0.1) is 12.8 Å². The van der Waals surface area contributed by atoms with Crippen molar-refractivity contribution >= 4 is 11.8 Å². The molecule has 1 aromatic heterocycles. The molecule has 1 fully saturated rings. The number of anilines is 1. The molecule has 6 heteroatoms. The summed E-state index contributed by atoms with van der Waals surface area (Å²) in [6.07, 6.45) is 6.60. The van der Waals surface area contributed by atoms with Crippen molar-refractivity contribution < 1.29 is 9.90 Å². The summed E-state index contributed by atoms with van der Waals surface area (Å²) in [7, 11) is 1.80. The number of rotatable bonds is 5. The van der Waals surface area contributed by atoms with Gasteiger partial charge in [-0.3, -0.25) is 10.00 Å². The van der Waals surface area contributed by atoms with Crippen LogP contribution in [0.2, 0.25) is 0 Å². The molecule has 0 aliphatic heterocycles. The number of amides is 2. The van der Waals surface area contributed by atoms with Gasteiger partial charge in [0.05, 0.1) is 5.69 Å². The highest BCUT2D eigenvalue weighted by atomic mass is 16.3. The standard InChI is InChI=1S/C15H26N4O2/c1-11-10-14(19(2)18-11)17-15(21)16-13(8-9-20)12-6-4-3-5-7-12/h10,12-13,20H,3-9H2,1-2H3,(H2,16,17,21)/t13-/m1/s1. The highest BCUT2D eigenvalue weighted by Gasteiger charge is 2.24. The zero-order valence-electron chi connectivity index (χ0n) is 12.9. The third kappa shape index (κ3) is 4.46. The summed E-state index contributed by atoms with van der Waals surface area (Å²) in [5.74, 6) is 1.15. The Bertz CT molecular complexity index is 466. The predicted octanol–water partition coefficient (Wildman–Crippen LogP) is 2.18. The van der Waals surface area contributed by atoms with E-state index in [1.165, 1.54) is 19.3 Å². The van der Waals surface area contributed by atoms with E-state index in [1.807, 2.05) is 13.0 Å². The van der Waals surface area contributed by atoms with Gasteiger partial charge in [-0.2, -0.15) is 5.10 Å². The summed E-state index contributed by atoms with van der Waals surface area (Å²) < 4.78 is 1.65. The van der Waals surface area contributed by atoms with E-state index < -0.39 is 0 Å². The molecule has 1 heterocycles. The molecule has 1 aromatic rings. The summed E-state index contributed by atoms with van der Waals surface area (Å²) in [6, 6.07) is 1.66. The molecule has 1 aliphatic carbocycles. The Kier molecular flexibility index (Phi) is 5.61. The Morgan fingerprint density at radius 2 is 2.19 bits per heavy atom. The van der Waals surface area contributed by atoms with Gasteiger partial charge in [-0.05, 0) is 32.1 Å². The largest absolute Gasteiger partial charge is 0.396 e. The molecule has 0 bridgehead atoms. The number of aliphatic hydroxyl groups excluding tert-OH is 1. The second kappa shape index (κ2) is 7.45. The van der Waals surface area contributed by atoms with Crippen LogP contribution in [0.5, 0.6) is 0 Å². The van der Waals surface area contributed by atoms with Crippen LogP contribution in [0.15, 0.2) is 6.07 Å². The van der Waals surface area contributed by atoms with Gasteiger partial charge in [-0.1, -0.05) is 19.3 Å². The van der Waals surface area contributed by atoms with Gasteiger partial charge in [0.25, 0.3) is 0 Å². The Labute approximate surface area is 125 Å². The molecule has 1 saturated carbocycles. The normalized spacial score (nSPS) is 17.5. The van der Waals surface area contributed by atoms with E-state index >= 15 is 0 Å². The molecule has 0 saturated heterocycles. The number of nitrogens with zero attached hydrogens (tertiary/aromatic N) is 2. The minimum Gasteiger partial charge on any atom is -0.396 e. The number of urea groups is 1. The number of hydrogen-bond donors (Lipinski definition) is 3. The van der Waals surface area contributed by atoms with Crippen LogP contribution < -0.4 is 10.6 Å². The van der Waals surface area contributed by atoms with E-state index in [0.29, 0.717) is 18.2 Å². The third-order valence-corrected chi connectivity index (χ3v) is 4.22. The SMILES string of the molecule is Cc1cc(NC(=O)N[C@H](CCO)C2CCCCC2)n(C)n1. The van der Waals surface area contributed by atoms with Gasteiger partial charge in [-0.15, -0.1) is 0 Å². The Morgan fingerprint density at radius 1 is 1.48 bits per heavy atom. The van der Waals surface area contributed by atoms with Gasteiger partial charge in [0.15, 0.2) is 0 Å². The van der Waals surface area contributed by atoms with Crippen molar-refractivity contribution in [3.8, 4) is 0 Å². The third-order valence-electron chi connectivity index (χ3n) is 4.22. The van der Waals surface area contributed by atoms with Crippen LogP contribution in [0.1, 0.15) is 44.2 Å². The molecular weight excluding hydrogens is 268 g/mol. The number of aliphatic hydroxyl groups is 1. The van der Waals surface area contributed by atoms with E-state index in [-0.39, 0.29) is 18.7 Å². The van der Waals surface area contributed by atoms with E-state index in [1.54, 1.807) is 11.7 Å². The van der Waals surface area contributed by atoms with Crippen LogP contribution in [-0.4, -0.2) is 33.6 Å². The number of hydrogen-bond acceptors (Lipinski definition) is 3. The van der Waals surface area contributed by atoms with Crippen molar-refractivity contribution in [2.75, 3.05) is 11.9 Å². The summed E-state index contributed by atoms with van der Waals surface area (Å²) >= 11 is 0. The lowest BCUT2D eigenvalue weighted by Gasteiger charge is -2.30. The molecular formula is C15H26N4O2.